The van der Waals surface area contributed by atoms with Crippen molar-refractivity contribution in [1.82, 2.24) is 5.32 Å². The molecule has 1 amide bonds. The van der Waals surface area contributed by atoms with Crippen molar-refractivity contribution in [2.24, 2.45) is 0 Å². The molecule has 0 spiro atoms. The highest BCUT2D eigenvalue weighted by atomic mass is 32.1. The zero-order valence-corrected chi connectivity index (χ0v) is 13.4. The molecular weight excluding hydrogens is 274 g/mol. The van der Waals surface area contributed by atoms with Crippen molar-refractivity contribution in [2.75, 3.05) is 30.8 Å². The van der Waals surface area contributed by atoms with E-state index in [9.17, 15) is 9.59 Å². The molecule has 112 valence electrons. The number of Topliss-reactive ketones (excluding diaryl/α,β-unsaturated/α-hetero) is 1. The summed E-state index contributed by atoms with van der Waals surface area (Å²) in [5, 5.41) is 3.39. The second-order valence-corrected chi connectivity index (χ2v) is 5.59. The lowest BCUT2D eigenvalue weighted by Crippen LogP contribution is -2.27. The Morgan fingerprint density at radius 1 is 1.35 bits per heavy atom. The van der Waals surface area contributed by atoms with Crippen LogP contribution in [-0.4, -0.2) is 31.8 Å². The van der Waals surface area contributed by atoms with E-state index in [4.69, 9.17) is 5.73 Å². The maximum Gasteiger partial charge on any atom is 0.256 e. The topological polar surface area (TPSA) is 75.4 Å². The van der Waals surface area contributed by atoms with Crippen molar-refractivity contribution in [1.29, 1.82) is 0 Å². The second-order valence-electron chi connectivity index (χ2n) is 4.59. The quantitative estimate of drug-likeness (QED) is 0.758. The first-order valence-corrected chi connectivity index (χ1v) is 7.69. The van der Waals surface area contributed by atoms with Gasteiger partial charge in [0.15, 0.2) is 5.78 Å². The number of nitrogens with one attached hydrogen (secondary N) is 1. The minimum Gasteiger partial charge on any atom is -0.397 e. The van der Waals surface area contributed by atoms with E-state index in [-0.39, 0.29) is 11.7 Å². The van der Waals surface area contributed by atoms with Crippen molar-refractivity contribution in [3.63, 3.8) is 0 Å². The summed E-state index contributed by atoms with van der Waals surface area (Å²) in [6, 6.07) is 0. The summed E-state index contributed by atoms with van der Waals surface area (Å²) in [5.41, 5.74) is 6.73. The van der Waals surface area contributed by atoms with E-state index in [0.29, 0.717) is 16.1 Å². The van der Waals surface area contributed by atoms with Crippen LogP contribution in [0.4, 0.5) is 10.7 Å². The molecule has 0 saturated carbocycles. The van der Waals surface area contributed by atoms with Gasteiger partial charge in [-0.2, -0.15) is 0 Å². The van der Waals surface area contributed by atoms with Crippen molar-refractivity contribution >= 4 is 33.7 Å². The molecule has 1 aromatic heterocycles. The van der Waals surface area contributed by atoms with Gasteiger partial charge in [-0.3, -0.25) is 9.59 Å². The number of carbonyl (C=O) groups is 2. The van der Waals surface area contributed by atoms with Crippen LogP contribution in [0.1, 0.15) is 53.6 Å². The summed E-state index contributed by atoms with van der Waals surface area (Å²) in [5.74, 6) is -0.341. The summed E-state index contributed by atoms with van der Waals surface area (Å²) in [6.07, 6.45) is 2.11. The minimum absolute atomic E-state index is 0.101. The molecule has 0 aliphatic carbocycles. The van der Waals surface area contributed by atoms with Crippen LogP contribution in [-0.2, 0) is 0 Å². The largest absolute Gasteiger partial charge is 0.397 e. The minimum atomic E-state index is -0.240. The highest BCUT2D eigenvalue weighted by Gasteiger charge is 2.25. The first kappa shape index (κ1) is 16.5. The van der Waals surface area contributed by atoms with Crippen molar-refractivity contribution in [3.8, 4) is 0 Å². The lowest BCUT2D eigenvalue weighted by molar-refractivity contribution is 0.0964. The van der Waals surface area contributed by atoms with E-state index in [2.05, 4.69) is 17.1 Å². The Morgan fingerprint density at radius 3 is 2.45 bits per heavy atom. The SMILES string of the molecule is CCCCN(CC)c1sc(C(C)=O)c(N)c1C(=O)NC. The van der Waals surface area contributed by atoms with Crippen molar-refractivity contribution < 1.29 is 9.59 Å². The number of carbonyl (C=O) groups excluding carboxylic acids is 2. The number of anilines is 2. The number of nitrogens with two attached hydrogens (primary N) is 1. The Hall–Kier alpha value is -1.56. The first-order valence-electron chi connectivity index (χ1n) is 6.88. The number of nitrogens with zero attached hydrogens (tertiary/aromatic N) is 1. The zero-order chi connectivity index (χ0) is 15.3. The van der Waals surface area contributed by atoms with Crippen LogP contribution in [0.25, 0.3) is 0 Å². The molecule has 0 aliphatic rings. The van der Waals surface area contributed by atoms with Crippen LogP contribution in [0, 0.1) is 0 Å². The average molecular weight is 297 g/mol. The molecule has 5 nitrogen and oxygen atoms in total. The van der Waals surface area contributed by atoms with Crippen LogP contribution < -0.4 is 16.0 Å². The van der Waals surface area contributed by atoms with Gasteiger partial charge in [0.25, 0.3) is 5.91 Å². The molecule has 6 heteroatoms. The van der Waals surface area contributed by atoms with Crippen LogP contribution >= 0.6 is 11.3 Å². The van der Waals surface area contributed by atoms with E-state index in [1.165, 1.54) is 18.3 Å². The number of nitrogen functional groups attached to an aromatic ring is 1. The van der Waals surface area contributed by atoms with Crippen molar-refractivity contribution in [3.05, 3.63) is 10.4 Å². The Bertz CT molecular complexity index is 497. The second kappa shape index (κ2) is 7.28. The van der Waals surface area contributed by atoms with Gasteiger partial charge in [-0.15, -0.1) is 11.3 Å². The predicted molar refractivity (Wildman–Crippen MR) is 84.9 cm³/mol. The number of amides is 1. The molecule has 20 heavy (non-hydrogen) atoms. The standard InChI is InChI=1S/C14H23N3O2S/c1-5-7-8-17(6-2)14-10(13(19)16-4)11(15)12(20-14)9(3)18/h5-8,15H2,1-4H3,(H,16,19). The Kier molecular flexibility index (Phi) is 6.01. The molecular formula is C14H23N3O2S. The molecule has 0 bridgehead atoms. The maximum absolute atomic E-state index is 12.1. The summed E-state index contributed by atoms with van der Waals surface area (Å²) in [7, 11) is 1.57. The molecule has 0 fully saturated rings. The number of ketones is 1. The monoisotopic (exact) mass is 297 g/mol. The Balaban J connectivity index is 3.31. The van der Waals surface area contributed by atoms with Crippen LogP contribution in [0.3, 0.4) is 0 Å². The van der Waals surface area contributed by atoms with Crippen LogP contribution in [0.15, 0.2) is 0 Å². The highest BCUT2D eigenvalue weighted by Crippen LogP contribution is 2.38. The lowest BCUT2D eigenvalue weighted by atomic mass is 10.2. The molecule has 1 aromatic rings. The number of unbranched alkanes of at least 4 members (excludes halogenated alkanes) is 1. The van der Waals surface area contributed by atoms with Gasteiger partial charge in [-0.05, 0) is 13.3 Å². The smallest absolute Gasteiger partial charge is 0.256 e. The molecule has 3 N–H and O–H groups in total. The summed E-state index contributed by atoms with van der Waals surface area (Å²) in [4.78, 5) is 26.3. The number of hydrogen-bond acceptors (Lipinski definition) is 5. The molecule has 0 unspecified atom stereocenters. The van der Waals surface area contributed by atoms with Gasteiger partial charge < -0.3 is 16.0 Å². The third kappa shape index (κ3) is 3.30. The number of hydrogen-bond donors (Lipinski definition) is 2. The van der Waals surface area contributed by atoms with Crippen molar-refractivity contribution in [2.45, 2.75) is 33.6 Å². The van der Waals surface area contributed by atoms with E-state index in [1.54, 1.807) is 7.05 Å². The summed E-state index contributed by atoms with van der Waals surface area (Å²) >= 11 is 1.31. The number of rotatable bonds is 7. The van der Waals surface area contributed by atoms with E-state index in [1.807, 2.05) is 6.92 Å². The van der Waals surface area contributed by atoms with Gasteiger partial charge in [0.05, 0.1) is 16.1 Å². The van der Waals surface area contributed by atoms with Gasteiger partial charge >= 0.3 is 0 Å². The van der Waals surface area contributed by atoms with E-state index in [0.717, 1.165) is 30.9 Å². The first-order chi connectivity index (χ1) is 9.47. The van der Waals surface area contributed by atoms with Gasteiger partial charge in [0, 0.05) is 27.1 Å². The molecule has 1 heterocycles. The lowest BCUT2D eigenvalue weighted by Gasteiger charge is -2.22. The predicted octanol–water partition coefficient (Wildman–Crippen LogP) is 2.52. The molecule has 0 atom stereocenters. The summed E-state index contributed by atoms with van der Waals surface area (Å²) < 4.78 is 0. The van der Waals surface area contributed by atoms with E-state index >= 15 is 0 Å². The fourth-order valence-corrected chi connectivity index (χ4v) is 3.22. The van der Waals surface area contributed by atoms with Crippen LogP contribution in [0.5, 0.6) is 0 Å². The molecule has 0 aromatic carbocycles. The number of thiophene rings is 1. The van der Waals surface area contributed by atoms with E-state index < -0.39 is 0 Å². The fourth-order valence-electron chi connectivity index (χ4n) is 2.01. The third-order valence-corrected chi connectivity index (χ3v) is 4.52. The fraction of sp³-hybridized carbons (Fsp3) is 0.571. The molecule has 1 rings (SSSR count). The highest BCUT2D eigenvalue weighted by molar-refractivity contribution is 7.19. The van der Waals surface area contributed by atoms with Gasteiger partial charge in [-0.1, -0.05) is 13.3 Å². The van der Waals surface area contributed by atoms with Gasteiger partial charge in [0.1, 0.15) is 5.00 Å². The third-order valence-electron chi connectivity index (χ3n) is 3.15. The Morgan fingerprint density at radius 2 is 2.00 bits per heavy atom. The molecule has 0 radical (unpaired) electrons. The maximum atomic E-state index is 12.1. The van der Waals surface area contributed by atoms with Crippen LogP contribution in [0.2, 0.25) is 0 Å². The van der Waals surface area contributed by atoms with Gasteiger partial charge in [0.2, 0.25) is 0 Å². The zero-order valence-electron chi connectivity index (χ0n) is 12.6. The van der Waals surface area contributed by atoms with Gasteiger partial charge in [-0.25, -0.2) is 0 Å². The Labute approximate surface area is 124 Å². The molecule has 0 saturated heterocycles. The summed E-state index contributed by atoms with van der Waals surface area (Å²) in [6.45, 7) is 7.27. The normalized spacial score (nSPS) is 10.4. The molecule has 0 aliphatic heterocycles. The average Bonchev–Trinajstić information content (AvgIpc) is 2.77.